The van der Waals surface area contributed by atoms with Crippen molar-refractivity contribution in [1.29, 1.82) is 5.26 Å². The molecular formula is C10H5N3O. The molecule has 4 heteroatoms. The van der Waals surface area contributed by atoms with Gasteiger partial charge in [0.15, 0.2) is 0 Å². The maximum atomic E-state index is 10.7. The van der Waals surface area contributed by atoms with E-state index in [9.17, 15) is 4.79 Å². The first kappa shape index (κ1) is 8.32. The van der Waals surface area contributed by atoms with E-state index in [0.29, 0.717) is 11.3 Å². The van der Waals surface area contributed by atoms with E-state index in [1.165, 1.54) is 6.21 Å². The van der Waals surface area contributed by atoms with E-state index in [4.69, 9.17) is 5.26 Å². The molecule has 0 fully saturated rings. The van der Waals surface area contributed by atoms with Gasteiger partial charge >= 0.3 is 6.03 Å². The van der Waals surface area contributed by atoms with Crippen molar-refractivity contribution in [3.05, 3.63) is 35.4 Å². The van der Waals surface area contributed by atoms with Crippen LogP contribution in [0.1, 0.15) is 11.1 Å². The van der Waals surface area contributed by atoms with E-state index in [-0.39, 0.29) is 0 Å². The number of urea groups is 1. The fourth-order valence-electron chi connectivity index (χ4n) is 1.13. The summed E-state index contributed by atoms with van der Waals surface area (Å²) in [6, 6.07) is 8.36. The lowest BCUT2D eigenvalue weighted by Crippen LogP contribution is -1.98. The number of nitrogens with zero attached hydrogens (tertiary/aromatic N) is 3. The van der Waals surface area contributed by atoms with Crippen molar-refractivity contribution in [2.24, 2.45) is 9.98 Å². The Kier molecular flexibility index (Phi) is 1.92. The van der Waals surface area contributed by atoms with Gasteiger partial charge in [0.05, 0.1) is 23.6 Å². The van der Waals surface area contributed by atoms with Crippen molar-refractivity contribution in [2.75, 3.05) is 0 Å². The zero-order chi connectivity index (χ0) is 9.97. The third-order valence-corrected chi connectivity index (χ3v) is 1.82. The van der Waals surface area contributed by atoms with Crippen molar-refractivity contribution >= 4 is 18.0 Å². The summed E-state index contributed by atoms with van der Waals surface area (Å²) < 4.78 is 0. The Hall–Kier alpha value is -2.28. The minimum absolute atomic E-state index is 0.482. The molecule has 0 aromatic heterocycles. The maximum absolute atomic E-state index is 10.7. The topological polar surface area (TPSA) is 65.6 Å². The second kappa shape index (κ2) is 3.23. The van der Waals surface area contributed by atoms with Crippen molar-refractivity contribution in [3.63, 3.8) is 0 Å². The fourth-order valence-corrected chi connectivity index (χ4v) is 1.13. The van der Waals surface area contributed by atoms with Crippen LogP contribution < -0.4 is 0 Å². The molecule has 2 amide bonds. The molecule has 0 atom stereocenters. The second-order valence-corrected chi connectivity index (χ2v) is 2.73. The Morgan fingerprint density at radius 3 is 2.43 bits per heavy atom. The number of nitriles is 1. The maximum Gasteiger partial charge on any atom is 0.367 e. The van der Waals surface area contributed by atoms with Crippen LogP contribution in [0.3, 0.4) is 0 Å². The lowest BCUT2D eigenvalue weighted by atomic mass is 10.1. The highest BCUT2D eigenvalue weighted by Gasteiger charge is 2.09. The normalized spacial score (nSPS) is 13.9. The number of carbonyl (C=O) groups is 1. The van der Waals surface area contributed by atoms with Gasteiger partial charge < -0.3 is 0 Å². The van der Waals surface area contributed by atoms with Gasteiger partial charge in [-0.05, 0) is 12.1 Å². The smallest absolute Gasteiger partial charge is 0.244 e. The van der Waals surface area contributed by atoms with Gasteiger partial charge in [0.2, 0.25) is 0 Å². The minimum Gasteiger partial charge on any atom is -0.244 e. The predicted molar refractivity (Wildman–Crippen MR) is 51.6 cm³/mol. The molecule has 4 nitrogen and oxygen atoms in total. The summed E-state index contributed by atoms with van der Waals surface area (Å²) in [5, 5.41) is 8.58. The van der Waals surface area contributed by atoms with Gasteiger partial charge in [-0.1, -0.05) is 12.1 Å². The molecule has 2 rings (SSSR count). The van der Waals surface area contributed by atoms with Crippen LogP contribution in [-0.4, -0.2) is 18.0 Å². The molecule has 66 valence electrons. The van der Waals surface area contributed by atoms with Crippen molar-refractivity contribution in [1.82, 2.24) is 0 Å². The van der Waals surface area contributed by atoms with E-state index in [2.05, 4.69) is 9.98 Å². The quantitative estimate of drug-likeness (QED) is 0.662. The highest BCUT2D eigenvalue weighted by atomic mass is 16.2. The summed E-state index contributed by atoms with van der Waals surface area (Å²) in [7, 11) is 0. The largest absolute Gasteiger partial charge is 0.367 e. The van der Waals surface area contributed by atoms with Gasteiger partial charge in [0.1, 0.15) is 0 Å². The molecule has 1 aromatic rings. The van der Waals surface area contributed by atoms with Crippen molar-refractivity contribution in [3.8, 4) is 6.07 Å². The van der Waals surface area contributed by atoms with Crippen LogP contribution in [0.15, 0.2) is 34.3 Å². The zero-order valence-electron chi connectivity index (χ0n) is 7.14. The molecule has 0 saturated heterocycles. The monoisotopic (exact) mass is 183 g/mol. The van der Waals surface area contributed by atoms with Gasteiger partial charge in [0, 0.05) is 5.56 Å². The number of hydrogen-bond donors (Lipinski definition) is 0. The SMILES string of the molecule is N#Cc1ccc(C2=NC(=O)N=C2)cc1. The van der Waals surface area contributed by atoms with Crippen LogP contribution in [0.25, 0.3) is 0 Å². The van der Waals surface area contributed by atoms with E-state index >= 15 is 0 Å². The molecule has 1 aromatic carbocycles. The first-order valence-corrected chi connectivity index (χ1v) is 3.97. The Labute approximate surface area is 80.2 Å². The van der Waals surface area contributed by atoms with Gasteiger partial charge in [-0.3, -0.25) is 0 Å². The van der Waals surface area contributed by atoms with E-state index in [1.807, 2.05) is 6.07 Å². The molecule has 0 unspecified atom stereocenters. The molecule has 0 bridgehead atoms. The first-order chi connectivity index (χ1) is 6.79. The van der Waals surface area contributed by atoms with Crippen molar-refractivity contribution < 1.29 is 4.79 Å². The third-order valence-electron chi connectivity index (χ3n) is 1.82. The summed E-state index contributed by atoms with van der Waals surface area (Å²) in [4.78, 5) is 17.9. The summed E-state index contributed by atoms with van der Waals surface area (Å²) >= 11 is 0. The highest BCUT2D eigenvalue weighted by Crippen LogP contribution is 2.07. The Morgan fingerprint density at radius 2 is 1.93 bits per heavy atom. The Bertz CT molecular complexity index is 477. The molecule has 0 radical (unpaired) electrons. The van der Waals surface area contributed by atoms with E-state index < -0.39 is 6.03 Å². The summed E-state index contributed by atoms with van der Waals surface area (Å²) in [6.07, 6.45) is 1.42. The average molecular weight is 183 g/mol. The third kappa shape index (κ3) is 1.43. The summed E-state index contributed by atoms with van der Waals surface area (Å²) in [6.45, 7) is 0. The number of hydrogen-bond acceptors (Lipinski definition) is 2. The molecule has 0 N–H and O–H groups in total. The standard InChI is InChI=1S/C10H5N3O/c11-5-7-1-3-8(4-2-7)9-6-12-10(14)13-9/h1-4,6H. The number of benzene rings is 1. The van der Waals surface area contributed by atoms with Crippen LogP contribution in [0, 0.1) is 11.3 Å². The average Bonchev–Trinajstić information content (AvgIpc) is 2.65. The molecular weight excluding hydrogens is 178 g/mol. The molecule has 1 aliphatic rings. The summed E-state index contributed by atoms with van der Waals surface area (Å²) in [5.41, 5.74) is 1.91. The first-order valence-electron chi connectivity index (χ1n) is 3.97. The molecule has 1 aliphatic heterocycles. The number of amides is 2. The molecule has 1 heterocycles. The van der Waals surface area contributed by atoms with Gasteiger partial charge in [0.25, 0.3) is 0 Å². The minimum atomic E-state index is -0.482. The highest BCUT2D eigenvalue weighted by molar-refractivity contribution is 6.43. The zero-order valence-corrected chi connectivity index (χ0v) is 7.14. The molecule has 14 heavy (non-hydrogen) atoms. The van der Waals surface area contributed by atoms with Crippen molar-refractivity contribution in [2.45, 2.75) is 0 Å². The number of rotatable bonds is 1. The second-order valence-electron chi connectivity index (χ2n) is 2.73. The predicted octanol–water partition coefficient (Wildman–Crippen LogP) is 1.55. The van der Waals surface area contributed by atoms with Crippen LogP contribution in [0.2, 0.25) is 0 Å². The van der Waals surface area contributed by atoms with Crippen LogP contribution in [-0.2, 0) is 0 Å². The van der Waals surface area contributed by atoms with Gasteiger partial charge in [-0.25, -0.2) is 4.79 Å². The number of carbonyl (C=O) groups excluding carboxylic acids is 1. The van der Waals surface area contributed by atoms with E-state index in [0.717, 1.165) is 5.56 Å². The Morgan fingerprint density at radius 1 is 1.21 bits per heavy atom. The van der Waals surface area contributed by atoms with Gasteiger partial charge in [-0.15, -0.1) is 0 Å². The van der Waals surface area contributed by atoms with E-state index in [1.54, 1.807) is 24.3 Å². The fraction of sp³-hybridized carbons (Fsp3) is 0. The molecule has 0 spiro atoms. The number of aliphatic imine (C=N–C) groups is 2. The van der Waals surface area contributed by atoms with Crippen LogP contribution >= 0.6 is 0 Å². The molecule has 0 aliphatic carbocycles. The lowest BCUT2D eigenvalue weighted by molar-refractivity contribution is 0.257. The molecule has 0 saturated carbocycles. The van der Waals surface area contributed by atoms with Crippen LogP contribution in [0.5, 0.6) is 0 Å². The lowest BCUT2D eigenvalue weighted by Gasteiger charge is -1.95. The van der Waals surface area contributed by atoms with Gasteiger partial charge in [-0.2, -0.15) is 15.2 Å². The van der Waals surface area contributed by atoms with Crippen LogP contribution in [0.4, 0.5) is 4.79 Å². The Balaban J connectivity index is 2.36. The summed E-state index contributed by atoms with van der Waals surface area (Å²) in [5.74, 6) is 0.